The summed E-state index contributed by atoms with van der Waals surface area (Å²) in [5, 5.41) is 0. The quantitative estimate of drug-likeness (QED) is 0.129. The molecule has 0 amide bonds. The lowest BCUT2D eigenvalue weighted by Gasteiger charge is -2.43. The highest BCUT2D eigenvalue weighted by Crippen LogP contribution is 2.31. The molecule has 12 rings (SSSR count). The third kappa shape index (κ3) is 19.2. The fraction of sp³-hybridized carbons (Fsp3) is 0.680. The van der Waals surface area contributed by atoms with Crippen LogP contribution in [0.5, 0.6) is 0 Å². The van der Waals surface area contributed by atoms with E-state index in [-0.39, 0.29) is 0 Å². The molecule has 470 valence electrons. The third-order valence-electron chi connectivity index (χ3n) is 21.1. The zero-order valence-corrected chi connectivity index (χ0v) is 55.3. The van der Waals surface area contributed by atoms with Crippen LogP contribution in [0.3, 0.4) is 0 Å². The summed E-state index contributed by atoms with van der Waals surface area (Å²) in [7, 11) is 0. The van der Waals surface area contributed by atoms with Crippen molar-refractivity contribution in [2.75, 3.05) is 157 Å². The highest BCUT2D eigenvalue weighted by atomic mass is 16.5. The Hall–Kier alpha value is -4.16. The second-order valence-corrected chi connectivity index (χ2v) is 27.8. The predicted octanol–water partition coefficient (Wildman–Crippen LogP) is 14.7. The topological polar surface area (TPSA) is 38.4 Å². The number of likely N-dealkylation sites (N-methyl/N-ethyl adjacent to an activating group) is 1. The molecule has 8 aliphatic heterocycles. The molecule has 0 atom stereocenters. The molecule has 0 aliphatic carbocycles. The molecule has 0 unspecified atom stereocenters. The molecule has 8 fully saturated rings. The van der Waals surface area contributed by atoms with Crippen LogP contribution >= 0.6 is 0 Å². The van der Waals surface area contributed by atoms with Gasteiger partial charge < -0.3 is 39.0 Å². The fourth-order valence-electron chi connectivity index (χ4n) is 15.0. The number of hydrogen-bond donors (Lipinski definition) is 0. The van der Waals surface area contributed by atoms with Crippen LogP contribution < -0.4 is 19.6 Å². The largest absolute Gasteiger partial charge is 0.379 e. The molecule has 85 heavy (non-hydrogen) atoms. The molecular weight excluding hydrogens is 1040 g/mol. The monoisotopic (exact) mass is 1160 g/mol. The van der Waals surface area contributed by atoms with Gasteiger partial charge in [0.05, 0.1) is 13.2 Å². The van der Waals surface area contributed by atoms with Gasteiger partial charge in [-0.3, -0.25) is 9.80 Å². The van der Waals surface area contributed by atoms with Gasteiger partial charge in [0.2, 0.25) is 0 Å². The smallest absolute Gasteiger partial charge is 0.0594 e. The number of nitrogens with zero attached hydrogens (tertiary/aromatic N) is 9. The summed E-state index contributed by atoms with van der Waals surface area (Å²) in [5.74, 6) is 2.50. The molecule has 0 radical (unpaired) electrons. The summed E-state index contributed by atoms with van der Waals surface area (Å²) < 4.78 is 5.46. The van der Waals surface area contributed by atoms with Gasteiger partial charge in [-0.15, -0.1) is 0 Å². The Morgan fingerprint density at radius 3 is 0.776 bits per heavy atom. The highest BCUT2D eigenvalue weighted by molar-refractivity contribution is 5.51. The zero-order valence-electron chi connectivity index (χ0n) is 55.3. The number of piperazine rings is 1. The maximum absolute atomic E-state index is 5.46. The molecule has 10 nitrogen and oxygen atoms in total. The van der Waals surface area contributed by atoms with Gasteiger partial charge in [-0.25, -0.2) is 0 Å². The first-order chi connectivity index (χ1) is 41.4. The van der Waals surface area contributed by atoms with E-state index in [9.17, 15) is 0 Å². The molecule has 10 heteroatoms. The van der Waals surface area contributed by atoms with Crippen molar-refractivity contribution in [3.8, 4) is 0 Å². The zero-order chi connectivity index (χ0) is 59.5. The average molecular weight is 1160 g/mol. The van der Waals surface area contributed by atoms with Crippen molar-refractivity contribution in [1.82, 2.24) is 24.5 Å². The Morgan fingerprint density at radius 2 is 0.529 bits per heavy atom. The third-order valence-corrected chi connectivity index (χ3v) is 21.1. The Balaban J connectivity index is 0.000000136. The summed E-state index contributed by atoms with van der Waals surface area (Å²) in [5.41, 5.74) is 11.4. The average Bonchev–Trinajstić information content (AvgIpc) is 4.29. The van der Waals surface area contributed by atoms with E-state index < -0.39 is 0 Å². The molecular formula is C75H119N9O. The van der Waals surface area contributed by atoms with Crippen LogP contribution in [0.15, 0.2) is 97.1 Å². The second kappa shape index (κ2) is 33.4. The van der Waals surface area contributed by atoms with E-state index in [2.05, 4.69) is 203 Å². The van der Waals surface area contributed by atoms with Crippen molar-refractivity contribution in [2.45, 2.75) is 194 Å². The van der Waals surface area contributed by atoms with Crippen molar-refractivity contribution >= 4 is 22.7 Å². The minimum absolute atomic E-state index is 0.617. The number of ether oxygens (including phenoxy) is 1. The van der Waals surface area contributed by atoms with Crippen molar-refractivity contribution in [3.63, 3.8) is 0 Å². The Bertz CT molecular complexity index is 2340. The van der Waals surface area contributed by atoms with Crippen molar-refractivity contribution < 1.29 is 4.74 Å². The lowest BCUT2D eigenvalue weighted by atomic mass is 9.98. The summed E-state index contributed by atoms with van der Waals surface area (Å²) in [6.45, 7) is 45.7. The van der Waals surface area contributed by atoms with Gasteiger partial charge >= 0.3 is 0 Å². The van der Waals surface area contributed by atoms with Crippen LogP contribution in [0, 0.1) is 0 Å². The van der Waals surface area contributed by atoms with E-state index in [1.807, 2.05) is 0 Å². The number of rotatable bonds is 13. The molecule has 8 aliphatic rings. The van der Waals surface area contributed by atoms with E-state index in [4.69, 9.17) is 4.74 Å². The first kappa shape index (κ1) is 65.3. The van der Waals surface area contributed by atoms with E-state index in [0.717, 1.165) is 50.5 Å². The number of anilines is 4. The molecule has 0 aromatic heterocycles. The van der Waals surface area contributed by atoms with E-state index >= 15 is 0 Å². The van der Waals surface area contributed by atoms with Crippen LogP contribution in [0.25, 0.3) is 0 Å². The van der Waals surface area contributed by atoms with Crippen molar-refractivity contribution in [1.29, 1.82) is 0 Å². The molecule has 4 aromatic carbocycles. The molecule has 4 aromatic rings. The van der Waals surface area contributed by atoms with Gasteiger partial charge in [0.15, 0.2) is 0 Å². The number of morpholine rings is 1. The lowest BCUT2D eigenvalue weighted by molar-refractivity contribution is 0.0115. The maximum atomic E-state index is 5.46. The summed E-state index contributed by atoms with van der Waals surface area (Å²) in [4.78, 5) is 23.7. The first-order valence-electron chi connectivity index (χ1n) is 35.0. The number of likely N-dealkylation sites (tertiary alicyclic amines) is 2. The molecule has 8 heterocycles. The van der Waals surface area contributed by atoms with Gasteiger partial charge in [-0.05, 0) is 204 Å². The predicted molar refractivity (Wildman–Crippen MR) is 365 cm³/mol. The molecule has 0 saturated carbocycles. The maximum Gasteiger partial charge on any atom is 0.0594 e. The van der Waals surface area contributed by atoms with E-state index in [0.29, 0.717) is 23.7 Å². The normalized spacial score (nSPS) is 21.9. The van der Waals surface area contributed by atoms with E-state index in [1.54, 1.807) is 0 Å². The highest BCUT2D eigenvalue weighted by Gasteiger charge is 2.30. The van der Waals surface area contributed by atoms with Gasteiger partial charge in [0, 0.05) is 139 Å². The second-order valence-electron chi connectivity index (χ2n) is 27.8. The Morgan fingerprint density at radius 1 is 0.294 bits per heavy atom. The first-order valence-corrected chi connectivity index (χ1v) is 35.0. The number of benzene rings is 4. The standard InChI is InChI=1S/C20H33N3.C19H30N2.C18H28N2O.C18H28N2/c1-4-21-13-15-23(16-14-21)20-9-11-22(12-10-20)19-7-5-18(6-8-19)17(2)3;1-16(2)17-6-8-18(9-7-17)21-14-10-19(11-15-21)20-12-4-3-5-13-20;1-15(2)16-3-5-17(6-4-16)19-9-7-18(8-10-19)20-11-13-21-14-12-20;1-15(2)16-5-7-17(8-6-16)20-13-9-18(10-14-20)19-11-3-4-12-19/h5-8,17,20H,4,9-16H2,1-3H3;6-9,16,19H,3-5,10-15H2,1-2H3;3-6,15,18H,7-14H2,1-2H3;5-8,15,18H,3-4,9-14H2,1-2H3. The number of piperidine rings is 5. The molecule has 8 saturated heterocycles. The van der Waals surface area contributed by atoms with Gasteiger partial charge in [0.1, 0.15) is 0 Å². The van der Waals surface area contributed by atoms with Crippen LogP contribution in [0.1, 0.15) is 192 Å². The Labute approximate surface area is 519 Å². The SMILES string of the molecule is CC(C)c1ccc(N2CCC(N3CCCC3)CC2)cc1.CC(C)c1ccc(N2CCC(N3CCCCC3)CC2)cc1.CC(C)c1ccc(N2CCC(N3CCOCC3)CC2)cc1.CCN1CCN(C2CCN(c3ccc(C(C)C)cc3)CC2)CC1. The minimum atomic E-state index is 0.617. The number of hydrogen-bond acceptors (Lipinski definition) is 10. The molecule has 0 spiro atoms. The van der Waals surface area contributed by atoms with Gasteiger partial charge in [-0.2, -0.15) is 0 Å². The Kier molecular flexibility index (Phi) is 25.7. The van der Waals surface area contributed by atoms with Crippen LogP contribution in [-0.2, 0) is 4.74 Å². The summed E-state index contributed by atoms with van der Waals surface area (Å²) in [6, 6.07) is 40.1. The van der Waals surface area contributed by atoms with Crippen LogP contribution in [-0.4, -0.2) is 186 Å². The van der Waals surface area contributed by atoms with Crippen molar-refractivity contribution in [3.05, 3.63) is 119 Å². The van der Waals surface area contributed by atoms with Crippen LogP contribution in [0.2, 0.25) is 0 Å². The summed E-state index contributed by atoms with van der Waals surface area (Å²) in [6.07, 6.45) is 17.7. The van der Waals surface area contributed by atoms with Crippen molar-refractivity contribution in [2.24, 2.45) is 0 Å². The van der Waals surface area contributed by atoms with Crippen LogP contribution in [0.4, 0.5) is 22.7 Å². The molecule has 0 bridgehead atoms. The fourth-order valence-corrected chi connectivity index (χ4v) is 15.0. The molecule has 0 N–H and O–H groups in total. The van der Waals surface area contributed by atoms with E-state index in [1.165, 1.54) is 240 Å². The van der Waals surface area contributed by atoms with Gasteiger partial charge in [0.25, 0.3) is 0 Å². The summed E-state index contributed by atoms with van der Waals surface area (Å²) >= 11 is 0. The van der Waals surface area contributed by atoms with Gasteiger partial charge in [-0.1, -0.05) is 117 Å². The minimum Gasteiger partial charge on any atom is -0.379 e. The lowest BCUT2D eigenvalue weighted by Crippen LogP contribution is -2.53.